The van der Waals surface area contributed by atoms with E-state index in [2.05, 4.69) is 11.4 Å². The summed E-state index contributed by atoms with van der Waals surface area (Å²) < 4.78 is 25.0. The zero-order chi connectivity index (χ0) is 20.4. The fraction of sp³-hybridized carbons (Fsp3) is 0.174. The number of hydrogen-bond donors (Lipinski definition) is 1. The second kappa shape index (κ2) is 8.25. The molecule has 0 saturated heterocycles. The lowest BCUT2D eigenvalue weighted by atomic mass is 10.1. The molecule has 0 aromatic heterocycles. The Kier molecular flexibility index (Phi) is 5.53. The fourth-order valence-electron chi connectivity index (χ4n) is 3.66. The van der Waals surface area contributed by atoms with E-state index in [-0.39, 0.29) is 11.9 Å². The van der Waals surface area contributed by atoms with E-state index in [1.807, 2.05) is 48.2 Å². The van der Waals surface area contributed by atoms with Crippen molar-refractivity contribution in [2.24, 2.45) is 0 Å². The first kappa shape index (κ1) is 19.5. The highest BCUT2D eigenvalue weighted by atomic mass is 32.2. The summed E-state index contributed by atoms with van der Waals surface area (Å²) in [7, 11) is 0. The number of carbonyl (C=O) groups excluding carboxylic acids is 1. The van der Waals surface area contributed by atoms with E-state index >= 15 is 0 Å². The van der Waals surface area contributed by atoms with Crippen molar-refractivity contribution < 1.29 is 13.6 Å². The Bertz CT molecular complexity index is 1020. The zero-order valence-electron chi connectivity index (χ0n) is 15.8. The molecule has 0 radical (unpaired) electrons. The number of halogens is 2. The third-order valence-corrected chi connectivity index (χ3v) is 5.66. The zero-order valence-corrected chi connectivity index (χ0v) is 16.6. The van der Waals surface area contributed by atoms with E-state index in [1.165, 1.54) is 5.56 Å². The van der Waals surface area contributed by atoms with Crippen LogP contribution in [0.3, 0.4) is 0 Å². The number of fused-ring (bicyclic) bond motifs is 1. The molecule has 1 atom stereocenters. The number of amides is 1. The predicted octanol–water partition coefficient (Wildman–Crippen LogP) is 6.34. The average molecular weight is 410 g/mol. The number of hydrogen-bond acceptors (Lipinski definition) is 3. The largest absolute Gasteiger partial charge is 0.355 e. The highest BCUT2D eigenvalue weighted by Gasteiger charge is 2.32. The topological polar surface area (TPSA) is 32.3 Å². The van der Waals surface area contributed by atoms with Gasteiger partial charge in [-0.25, -0.2) is 0 Å². The van der Waals surface area contributed by atoms with Gasteiger partial charge in [-0.15, -0.1) is 0 Å². The highest BCUT2D eigenvalue weighted by molar-refractivity contribution is 7.99. The minimum atomic E-state index is -2.45. The van der Waals surface area contributed by atoms with Crippen molar-refractivity contribution in [1.29, 1.82) is 0 Å². The Morgan fingerprint density at radius 2 is 1.72 bits per heavy atom. The van der Waals surface area contributed by atoms with E-state index in [0.717, 1.165) is 17.8 Å². The van der Waals surface area contributed by atoms with Gasteiger partial charge >= 0.3 is 0 Å². The molecule has 0 bridgehead atoms. The monoisotopic (exact) mass is 410 g/mol. The molecule has 1 amide bonds. The number of nitrogens with zero attached hydrogens (tertiary/aromatic N) is 1. The van der Waals surface area contributed by atoms with E-state index in [9.17, 15) is 13.6 Å². The van der Waals surface area contributed by atoms with Crippen molar-refractivity contribution in [2.45, 2.75) is 30.0 Å². The average Bonchev–Trinajstić information content (AvgIpc) is 3.04. The van der Waals surface area contributed by atoms with Crippen LogP contribution in [0.5, 0.6) is 0 Å². The minimum absolute atomic E-state index is 0.0598. The summed E-state index contributed by atoms with van der Waals surface area (Å²) in [6.07, 6.45) is 0.834. The number of anilines is 3. The number of alkyl halides is 2. The normalized spacial score (nSPS) is 15.4. The van der Waals surface area contributed by atoms with Crippen LogP contribution in [0.15, 0.2) is 77.7 Å². The molecule has 29 heavy (non-hydrogen) atoms. The number of nitrogens with one attached hydrogen (secondary N) is 1. The van der Waals surface area contributed by atoms with Gasteiger partial charge in [-0.1, -0.05) is 42.1 Å². The van der Waals surface area contributed by atoms with Crippen molar-refractivity contribution in [1.82, 2.24) is 0 Å². The molecule has 1 N–H and O–H groups in total. The summed E-state index contributed by atoms with van der Waals surface area (Å²) >= 11 is 0.510. The molecule has 148 valence electrons. The maximum Gasteiger partial charge on any atom is 0.288 e. The number of para-hydroxylation sites is 2. The lowest BCUT2D eigenvalue weighted by molar-refractivity contribution is 0.0982. The van der Waals surface area contributed by atoms with Crippen LogP contribution in [0.25, 0.3) is 0 Å². The van der Waals surface area contributed by atoms with E-state index < -0.39 is 5.76 Å². The number of carbonyl (C=O) groups is 1. The quantitative estimate of drug-likeness (QED) is 0.499. The highest BCUT2D eigenvalue weighted by Crippen LogP contribution is 2.35. The first-order chi connectivity index (χ1) is 14.0. The fourth-order valence-corrected chi connectivity index (χ4v) is 4.16. The molecule has 0 unspecified atom stereocenters. The minimum Gasteiger partial charge on any atom is -0.355 e. The van der Waals surface area contributed by atoms with Crippen LogP contribution >= 0.6 is 11.8 Å². The summed E-state index contributed by atoms with van der Waals surface area (Å²) in [6.45, 7) is 2.05. The molecule has 0 fully saturated rings. The molecule has 3 aromatic carbocycles. The van der Waals surface area contributed by atoms with Crippen LogP contribution < -0.4 is 10.2 Å². The first-order valence-electron chi connectivity index (χ1n) is 9.35. The lowest BCUT2D eigenvalue weighted by Gasteiger charge is -2.24. The summed E-state index contributed by atoms with van der Waals surface area (Å²) in [5.74, 6) is -2.51. The molecule has 0 spiro atoms. The Balaban J connectivity index is 1.60. The molecule has 6 heteroatoms. The standard InChI is InChI=1S/C23H20F2N2OS/c1-15-14-16-6-2-5-9-21(16)27(15)22(28)19-7-3-4-8-20(19)26-17-10-12-18(13-11-17)29-23(24)25/h2-13,15,23,26H,14H2,1H3/t15-/m0/s1. The number of benzene rings is 3. The third kappa shape index (κ3) is 4.12. The maximum atomic E-state index is 13.4. The van der Waals surface area contributed by atoms with Gasteiger partial charge in [0, 0.05) is 22.3 Å². The molecule has 3 aromatic rings. The number of thioether (sulfide) groups is 1. The van der Waals surface area contributed by atoms with Gasteiger partial charge in [0.15, 0.2) is 0 Å². The molecular weight excluding hydrogens is 390 g/mol. The van der Waals surface area contributed by atoms with Crippen molar-refractivity contribution in [3.05, 3.63) is 83.9 Å². The van der Waals surface area contributed by atoms with E-state index in [1.54, 1.807) is 30.3 Å². The van der Waals surface area contributed by atoms with Crippen LogP contribution in [-0.4, -0.2) is 17.7 Å². The number of rotatable bonds is 5. The smallest absolute Gasteiger partial charge is 0.288 e. The van der Waals surface area contributed by atoms with Gasteiger partial charge in [0.1, 0.15) is 0 Å². The van der Waals surface area contributed by atoms with Crippen LogP contribution in [0.4, 0.5) is 25.8 Å². The molecule has 3 nitrogen and oxygen atoms in total. The van der Waals surface area contributed by atoms with Crippen molar-refractivity contribution in [2.75, 3.05) is 10.2 Å². The Morgan fingerprint density at radius 1 is 1.03 bits per heavy atom. The maximum absolute atomic E-state index is 13.4. The van der Waals surface area contributed by atoms with Gasteiger partial charge < -0.3 is 10.2 Å². The summed E-state index contributed by atoms with van der Waals surface area (Å²) in [6, 6.07) is 22.2. The van der Waals surface area contributed by atoms with Crippen LogP contribution in [0, 0.1) is 0 Å². The third-order valence-electron chi connectivity index (χ3n) is 4.94. The Labute approximate surface area is 172 Å². The molecule has 0 aliphatic carbocycles. The van der Waals surface area contributed by atoms with E-state index in [4.69, 9.17) is 0 Å². The van der Waals surface area contributed by atoms with Gasteiger partial charge in [-0.3, -0.25) is 4.79 Å². The van der Waals surface area contributed by atoms with Crippen molar-refractivity contribution >= 4 is 34.7 Å². The van der Waals surface area contributed by atoms with Gasteiger partial charge in [0.05, 0.1) is 11.3 Å². The second-order valence-corrected chi connectivity index (χ2v) is 7.99. The van der Waals surface area contributed by atoms with Gasteiger partial charge in [0.25, 0.3) is 11.7 Å². The summed E-state index contributed by atoms with van der Waals surface area (Å²) in [5, 5.41) is 3.25. The SMILES string of the molecule is C[C@H]1Cc2ccccc2N1C(=O)c1ccccc1Nc1ccc(SC(F)F)cc1. The van der Waals surface area contributed by atoms with Crippen LogP contribution in [-0.2, 0) is 6.42 Å². The molecular formula is C23H20F2N2OS. The molecule has 4 rings (SSSR count). The Morgan fingerprint density at radius 3 is 2.48 bits per heavy atom. The Hall–Kier alpha value is -2.86. The molecule has 1 aliphatic rings. The molecule has 1 aliphatic heterocycles. The van der Waals surface area contributed by atoms with Crippen LogP contribution in [0.2, 0.25) is 0 Å². The molecule has 1 heterocycles. The van der Waals surface area contributed by atoms with E-state index in [0.29, 0.717) is 27.9 Å². The predicted molar refractivity (Wildman–Crippen MR) is 114 cm³/mol. The lowest BCUT2D eigenvalue weighted by Crippen LogP contribution is -2.36. The van der Waals surface area contributed by atoms with Gasteiger partial charge in [-0.2, -0.15) is 8.78 Å². The second-order valence-electron chi connectivity index (χ2n) is 6.93. The van der Waals surface area contributed by atoms with Crippen molar-refractivity contribution in [3.8, 4) is 0 Å². The summed E-state index contributed by atoms with van der Waals surface area (Å²) in [5.41, 5.74) is 4.11. The van der Waals surface area contributed by atoms with Gasteiger partial charge in [-0.05, 0) is 61.4 Å². The molecule has 0 saturated carbocycles. The first-order valence-corrected chi connectivity index (χ1v) is 10.2. The van der Waals surface area contributed by atoms with Crippen molar-refractivity contribution in [3.63, 3.8) is 0 Å². The summed E-state index contributed by atoms with van der Waals surface area (Å²) in [4.78, 5) is 15.7. The van der Waals surface area contributed by atoms with Gasteiger partial charge in [0.2, 0.25) is 0 Å². The van der Waals surface area contributed by atoms with Crippen LogP contribution in [0.1, 0.15) is 22.8 Å².